The molecule has 0 saturated heterocycles. The second-order valence-corrected chi connectivity index (χ2v) is 8.18. The van der Waals surface area contributed by atoms with E-state index in [1.807, 2.05) is 6.07 Å². The molecule has 132 valence electrons. The van der Waals surface area contributed by atoms with E-state index in [2.05, 4.69) is 89.4 Å². The number of hydrogen-bond donors (Lipinski definition) is 0. The molecule has 1 aliphatic heterocycles. The second kappa shape index (κ2) is 5.63. The Morgan fingerprint density at radius 3 is 2.44 bits per heavy atom. The first-order valence-electron chi connectivity index (χ1n) is 9.20. The molecule has 3 heterocycles. The van der Waals surface area contributed by atoms with Gasteiger partial charge in [0.15, 0.2) is 6.54 Å². The molecule has 2 aromatic heterocycles. The minimum atomic E-state index is 0.158. The first-order valence-corrected chi connectivity index (χ1v) is 9.20. The van der Waals surface area contributed by atoms with E-state index in [0.717, 1.165) is 34.3 Å². The van der Waals surface area contributed by atoms with Crippen LogP contribution < -0.4 is 4.58 Å². The van der Waals surface area contributed by atoms with Gasteiger partial charge in [-0.15, -0.1) is 0 Å². The molecule has 0 N–H and O–H groups in total. The molecule has 0 fully saturated rings. The van der Waals surface area contributed by atoms with Crippen molar-refractivity contribution in [3.8, 4) is 0 Å². The van der Waals surface area contributed by atoms with E-state index in [1.165, 1.54) is 5.69 Å². The number of benzene rings is 2. The van der Waals surface area contributed by atoms with Crippen LogP contribution in [0.15, 0.2) is 65.2 Å². The molecule has 0 saturated carbocycles. The molecule has 0 atom stereocenters. The van der Waals surface area contributed by atoms with Gasteiger partial charge in [-0.3, -0.25) is 0 Å². The number of pyridine rings is 1. The van der Waals surface area contributed by atoms with Crippen LogP contribution in [0.25, 0.3) is 22.1 Å². The summed E-state index contributed by atoms with van der Waals surface area (Å²) in [5, 5.41) is 2.11. The molecular formula is C23H21N3O+2. The average molecular weight is 355 g/mol. The van der Waals surface area contributed by atoms with Crippen molar-refractivity contribution < 1.29 is 8.99 Å². The minimum absolute atomic E-state index is 0.158. The number of hydrogen-bond acceptors (Lipinski definition) is 2. The first kappa shape index (κ1) is 16.0. The van der Waals surface area contributed by atoms with Crippen LogP contribution in [0.1, 0.15) is 20.8 Å². The molecule has 27 heavy (non-hydrogen) atoms. The van der Waals surface area contributed by atoms with Crippen molar-refractivity contribution in [2.24, 2.45) is 5.41 Å². The molecule has 1 aliphatic rings. The number of furan rings is 1. The predicted molar refractivity (Wildman–Crippen MR) is 109 cm³/mol. The molecular weight excluding hydrogens is 334 g/mol. The smallest absolute Gasteiger partial charge is 0.431 e. The lowest BCUT2D eigenvalue weighted by atomic mass is 9.96. The van der Waals surface area contributed by atoms with Gasteiger partial charge in [0, 0.05) is 40.6 Å². The van der Waals surface area contributed by atoms with Crippen LogP contribution in [0, 0.1) is 5.41 Å². The lowest BCUT2D eigenvalue weighted by Crippen LogP contribution is -2.20. The summed E-state index contributed by atoms with van der Waals surface area (Å²) >= 11 is 0. The van der Waals surface area contributed by atoms with Crippen molar-refractivity contribution in [3.05, 3.63) is 60.8 Å². The monoisotopic (exact) mass is 355 g/mol. The van der Waals surface area contributed by atoms with Gasteiger partial charge in [0.2, 0.25) is 11.3 Å². The van der Waals surface area contributed by atoms with Crippen LogP contribution in [-0.4, -0.2) is 22.1 Å². The molecule has 0 radical (unpaired) electrons. The highest BCUT2D eigenvalue weighted by molar-refractivity contribution is 6.07. The van der Waals surface area contributed by atoms with Crippen molar-refractivity contribution in [2.45, 2.75) is 20.8 Å². The lowest BCUT2D eigenvalue weighted by molar-refractivity contribution is -0.447. The van der Waals surface area contributed by atoms with E-state index in [0.29, 0.717) is 5.71 Å². The quantitative estimate of drug-likeness (QED) is 0.432. The fraction of sp³-hybridized carbons (Fsp3) is 0.217. The summed E-state index contributed by atoms with van der Waals surface area (Å²) in [6.45, 7) is 7.61. The minimum Gasteiger partial charge on any atom is -0.431 e. The van der Waals surface area contributed by atoms with Crippen LogP contribution in [0.2, 0.25) is 0 Å². The number of fused-ring (bicyclic) bond motifs is 4. The highest BCUT2D eigenvalue weighted by Crippen LogP contribution is 2.39. The number of para-hydroxylation sites is 3. The summed E-state index contributed by atoms with van der Waals surface area (Å²) in [4.78, 5) is 4.38. The third kappa shape index (κ3) is 2.57. The van der Waals surface area contributed by atoms with E-state index in [4.69, 9.17) is 4.42 Å². The van der Waals surface area contributed by atoms with E-state index >= 15 is 0 Å². The Morgan fingerprint density at radius 1 is 0.889 bits per heavy atom. The lowest BCUT2D eigenvalue weighted by Gasteiger charge is -2.11. The Bertz CT molecular complexity index is 1270. The van der Waals surface area contributed by atoms with Crippen LogP contribution >= 0.6 is 0 Å². The molecule has 4 aromatic rings. The molecule has 4 nitrogen and oxygen atoms in total. The molecule has 0 spiro atoms. The van der Waals surface area contributed by atoms with Gasteiger partial charge in [-0.05, 0) is 22.8 Å². The molecule has 0 aliphatic carbocycles. The average Bonchev–Trinajstić information content (AvgIpc) is 3.19. The SMILES string of the molecule is CC(C)(C)C[N+]1=C=[N+](c2cccc3c2oc2ncccc23)c2ccccc21. The zero-order valence-corrected chi connectivity index (χ0v) is 15.7. The summed E-state index contributed by atoms with van der Waals surface area (Å²) in [7, 11) is 0. The van der Waals surface area contributed by atoms with E-state index in [-0.39, 0.29) is 5.41 Å². The van der Waals surface area contributed by atoms with Gasteiger partial charge in [-0.2, -0.15) is 0 Å². The van der Waals surface area contributed by atoms with Gasteiger partial charge in [-0.25, -0.2) is 4.98 Å². The summed E-state index contributed by atoms with van der Waals surface area (Å²) in [6.07, 6.45) is 1.76. The van der Waals surface area contributed by atoms with E-state index in [1.54, 1.807) is 6.20 Å². The Kier molecular flexibility index (Phi) is 3.33. The maximum absolute atomic E-state index is 6.14. The third-order valence-corrected chi connectivity index (χ3v) is 4.76. The Hall–Kier alpha value is -3.23. The van der Waals surface area contributed by atoms with Gasteiger partial charge >= 0.3 is 6.01 Å². The van der Waals surface area contributed by atoms with Crippen molar-refractivity contribution >= 4 is 45.1 Å². The number of rotatable bonds is 2. The van der Waals surface area contributed by atoms with Crippen molar-refractivity contribution in [2.75, 3.05) is 6.54 Å². The van der Waals surface area contributed by atoms with Gasteiger partial charge in [0.1, 0.15) is 0 Å². The third-order valence-electron chi connectivity index (χ3n) is 4.76. The van der Waals surface area contributed by atoms with Crippen molar-refractivity contribution in [1.82, 2.24) is 9.56 Å². The Balaban J connectivity index is 1.80. The number of aromatic nitrogens is 1. The van der Waals surface area contributed by atoms with Gasteiger partial charge < -0.3 is 4.42 Å². The maximum Gasteiger partial charge on any atom is 0.496 e. The van der Waals surface area contributed by atoms with Crippen molar-refractivity contribution in [1.29, 1.82) is 0 Å². The topological polar surface area (TPSA) is 32.0 Å². The fourth-order valence-corrected chi connectivity index (χ4v) is 3.68. The van der Waals surface area contributed by atoms with Crippen LogP contribution in [-0.2, 0) is 0 Å². The van der Waals surface area contributed by atoms with Gasteiger partial charge in [0.25, 0.3) is 17.1 Å². The summed E-state index contributed by atoms with van der Waals surface area (Å²) in [6, 6.07) is 22.2. The Labute approximate surface area is 157 Å². The zero-order valence-electron chi connectivity index (χ0n) is 15.7. The predicted octanol–water partition coefficient (Wildman–Crippen LogP) is 5.69. The van der Waals surface area contributed by atoms with E-state index < -0.39 is 0 Å². The largest absolute Gasteiger partial charge is 0.496 e. The standard InChI is InChI=1S/C23H21N3O/c1-23(2,3)14-25-15-26(19-11-5-4-10-18(19)25)20-12-6-8-16-17-9-7-13-24-22(17)27-21(16)20/h4-13H,14H2,1-3H3/q+2. The molecule has 0 unspecified atom stereocenters. The molecule has 5 rings (SSSR count). The van der Waals surface area contributed by atoms with Crippen molar-refractivity contribution in [3.63, 3.8) is 0 Å². The maximum atomic E-state index is 6.14. The second-order valence-electron chi connectivity index (χ2n) is 8.18. The fourth-order valence-electron chi connectivity index (χ4n) is 3.68. The zero-order chi connectivity index (χ0) is 18.6. The summed E-state index contributed by atoms with van der Waals surface area (Å²) < 4.78 is 10.4. The highest BCUT2D eigenvalue weighted by Gasteiger charge is 2.38. The molecule has 0 bridgehead atoms. The Morgan fingerprint density at radius 2 is 1.63 bits per heavy atom. The highest BCUT2D eigenvalue weighted by atomic mass is 16.3. The van der Waals surface area contributed by atoms with Gasteiger partial charge in [0.05, 0.1) is 0 Å². The summed E-state index contributed by atoms with van der Waals surface area (Å²) in [5.74, 6) is 0. The normalized spacial score (nSPS) is 13.7. The van der Waals surface area contributed by atoms with Crippen LogP contribution in [0.4, 0.5) is 17.1 Å². The van der Waals surface area contributed by atoms with Crippen LogP contribution in [0.3, 0.4) is 0 Å². The van der Waals surface area contributed by atoms with E-state index in [9.17, 15) is 0 Å². The molecule has 2 aromatic carbocycles. The number of nitrogens with zero attached hydrogens (tertiary/aromatic N) is 3. The molecule has 0 amide bonds. The van der Waals surface area contributed by atoms with Gasteiger partial charge in [-0.1, -0.05) is 43.5 Å². The van der Waals surface area contributed by atoms with Crippen LogP contribution in [0.5, 0.6) is 0 Å². The first-order chi connectivity index (χ1) is 13.0. The summed E-state index contributed by atoms with van der Waals surface area (Å²) in [5.41, 5.74) is 4.92. The molecule has 4 heteroatoms.